The molecule has 1 amide bonds. The highest BCUT2D eigenvalue weighted by molar-refractivity contribution is 6.30. The number of nitrogens with zero attached hydrogens (tertiary/aromatic N) is 1. The van der Waals surface area contributed by atoms with Crippen molar-refractivity contribution in [2.45, 2.75) is 25.8 Å². The van der Waals surface area contributed by atoms with Crippen molar-refractivity contribution in [1.29, 1.82) is 0 Å². The van der Waals surface area contributed by atoms with Gasteiger partial charge in [0, 0.05) is 31.3 Å². The van der Waals surface area contributed by atoms with E-state index < -0.39 is 0 Å². The zero-order chi connectivity index (χ0) is 12.3. The molecule has 0 spiro atoms. The van der Waals surface area contributed by atoms with Crippen LogP contribution in [0.5, 0.6) is 0 Å². The second-order valence-corrected chi connectivity index (χ2v) is 4.73. The summed E-state index contributed by atoms with van der Waals surface area (Å²) in [6.45, 7) is 1.18. The molecule has 0 atom stereocenters. The van der Waals surface area contributed by atoms with E-state index in [0.717, 1.165) is 19.3 Å². The van der Waals surface area contributed by atoms with E-state index >= 15 is 0 Å². The van der Waals surface area contributed by atoms with Gasteiger partial charge in [-0.3, -0.25) is 9.59 Å². The number of hydrogen-bond donors (Lipinski definition) is 1. The average Bonchev–Trinajstić information content (AvgIpc) is 3.12. The van der Waals surface area contributed by atoms with Gasteiger partial charge >= 0.3 is 0 Å². The lowest BCUT2D eigenvalue weighted by Gasteiger charge is -2.06. The maximum absolute atomic E-state index is 11.4. The maximum Gasteiger partial charge on any atom is 0.250 e. The van der Waals surface area contributed by atoms with Crippen molar-refractivity contribution in [3.8, 4) is 0 Å². The van der Waals surface area contributed by atoms with Crippen LogP contribution in [0.4, 0.5) is 0 Å². The van der Waals surface area contributed by atoms with Crippen molar-refractivity contribution in [1.82, 2.24) is 9.88 Å². The Labute approximate surface area is 105 Å². The van der Waals surface area contributed by atoms with Crippen LogP contribution in [0.25, 0.3) is 0 Å². The molecule has 0 aromatic carbocycles. The van der Waals surface area contributed by atoms with Gasteiger partial charge in [-0.15, -0.1) is 0 Å². The number of carbonyl (C=O) groups is 1. The molecule has 1 N–H and O–H groups in total. The van der Waals surface area contributed by atoms with Crippen LogP contribution in [-0.2, 0) is 11.3 Å². The molecular formula is C12H15ClN2O2. The summed E-state index contributed by atoms with van der Waals surface area (Å²) in [6, 6.07) is 3.03. The molecule has 0 aliphatic heterocycles. The van der Waals surface area contributed by atoms with Gasteiger partial charge in [-0.05, 0) is 25.3 Å². The third-order valence-electron chi connectivity index (χ3n) is 2.77. The quantitative estimate of drug-likeness (QED) is 0.808. The molecule has 0 radical (unpaired) electrons. The minimum absolute atomic E-state index is 0.0667. The summed E-state index contributed by atoms with van der Waals surface area (Å²) in [7, 11) is 0. The Kier molecular flexibility index (Phi) is 3.84. The summed E-state index contributed by atoms with van der Waals surface area (Å²) in [4.78, 5) is 22.8. The first-order valence-corrected chi connectivity index (χ1v) is 6.18. The fourth-order valence-electron chi connectivity index (χ4n) is 1.63. The van der Waals surface area contributed by atoms with Crippen LogP contribution in [0, 0.1) is 5.92 Å². The Balaban J connectivity index is 1.75. The molecular weight excluding hydrogens is 240 g/mol. The first kappa shape index (κ1) is 12.2. The van der Waals surface area contributed by atoms with E-state index in [4.69, 9.17) is 11.6 Å². The Morgan fingerprint density at radius 2 is 2.24 bits per heavy atom. The predicted molar refractivity (Wildman–Crippen MR) is 66.1 cm³/mol. The molecule has 92 valence electrons. The lowest BCUT2D eigenvalue weighted by Crippen LogP contribution is -2.27. The van der Waals surface area contributed by atoms with Gasteiger partial charge in [-0.1, -0.05) is 11.6 Å². The second kappa shape index (κ2) is 5.36. The highest BCUT2D eigenvalue weighted by Crippen LogP contribution is 2.28. The molecule has 1 saturated carbocycles. The average molecular weight is 255 g/mol. The van der Waals surface area contributed by atoms with Crippen molar-refractivity contribution < 1.29 is 4.79 Å². The third kappa shape index (κ3) is 3.60. The third-order valence-corrected chi connectivity index (χ3v) is 2.99. The summed E-state index contributed by atoms with van der Waals surface area (Å²) in [6.07, 6.45) is 4.38. The van der Waals surface area contributed by atoms with Crippen LogP contribution >= 0.6 is 11.6 Å². The maximum atomic E-state index is 11.4. The van der Waals surface area contributed by atoms with Crippen molar-refractivity contribution in [3.63, 3.8) is 0 Å². The largest absolute Gasteiger partial charge is 0.356 e. The van der Waals surface area contributed by atoms with E-state index in [-0.39, 0.29) is 17.4 Å². The van der Waals surface area contributed by atoms with Crippen LogP contribution in [0.15, 0.2) is 23.1 Å². The second-order valence-electron chi connectivity index (χ2n) is 4.30. The zero-order valence-corrected chi connectivity index (χ0v) is 10.2. The van der Waals surface area contributed by atoms with Crippen LogP contribution < -0.4 is 10.9 Å². The van der Waals surface area contributed by atoms with Gasteiger partial charge in [-0.2, -0.15) is 0 Å². The monoisotopic (exact) mass is 254 g/mol. The SMILES string of the molecule is O=C(NCCCn1cc(Cl)ccc1=O)C1CC1. The lowest BCUT2D eigenvalue weighted by molar-refractivity contribution is -0.122. The van der Waals surface area contributed by atoms with Crippen LogP contribution in [0.3, 0.4) is 0 Å². The molecule has 17 heavy (non-hydrogen) atoms. The molecule has 1 heterocycles. The molecule has 1 aliphatic carbocycles. The highest BCUT2D eigenvalue weighted by atomic mass is 35.5. The standard InChI is InChI=1S/C12H15ClN2O2/c13-10-4-5-11(16)15(8-10)7-1-6-14-12(17)9-2-3-9/h4-5,8-9H,1-3,6-7H2,(H,14,17). The smallest absolute Gasteiger partial charge is 0.250 e. The Morgan fingerprint density at radius 1 is 1.47 bits per heavy atom. The van der Waals surface area contributed by atoms with Gasteiger partial charge in [-0.25, -0.2) is 0 Å². The van der Waals surface area contributed by atoms with E-state index in [1.807, 2.05) is 0 Å². The molecule has 4 nitrogen and oxygen atoms in total. The van der Waals surface area contributed by atoms with Gasteiger partial charge in [0.2, 0.25) is 5.91 Å². The van der Waals surface area contributed by atoms with Crippen molar-refractivity contribution in [3.05, 3.63) is 33.7 Å². The molecule has 0 saturated heterocycles. The van der Waals surface area contributed by atoms with E-state index in [9.17, 15) is 9.59 Å². The number of aromatic nitrogens is 1. The van der Waals surface area contributed by atoms with Crippen LogP contribution in [0.2, 0.25) is 5.02 Å². The molecule has 0 bridgehead atoms. The highest BCUT2D eigenvalue weighted by Gasteiger charge is 2.28. The van der Waals surface area contributed by atoms with Gasteiger partial charge in [0.25, 0.3) is 5.56 Å². The van der Waals surface area contributed by atoms with Gasteiger partial charge < -0.3 is 9.88 Å². The van der Waals surface area contributed by atoms with Crippen LogP contribution in [0.1, 0.15) is 19.3 Å². The van der Waals surface area contributed by atoms with E-state index in [1.54, 1.807) is 16.8 Å². The number of pyridine rings is 1. The van der Waals surface area contributed by atoms with Crippen molar-refractivity contribution in [2.24, 2.45) is 5.92 Å². The van der Waals surface area contributed by atoms with Gasteiger partial charge in [0.1, 0.15) is 0 Å². The summed E-state index contributed by atoms with van der Waals surface area (Å²) in [5.74, 6) is 0.382. The summed E-state index contributed by atoms with van der Waals surface area (Å²) in [5.41, 5.74) is -0.0667. The lowest BCUT2D eigenvalue weighted by atomic mass is 10.3. The summed E-state index contributed by atoms with van der Waals surface area (Å²) < 4.78 is 1.56. The van der Waals surface area contributed by atoms with Crippen molar-refractivity contribution in [2.75, 3.05) is 6.54 Å². The van der Waals surface area contributed by atoms with Gasteiger partial charge in [0.05, 0.1) is 5.02 Å². The molecule has 1 aromatic rings. The van der Waals surface area contributed by atoms with Gasteiger partial charge in [0.15, 0.2) is 0 Å². The number of rotatable bonds is 5. The molecule has 1 aromatic heterocycles. The fourth-order valence-corrected chi connectivity index (χ4v) is 1.81. The molecule has 0 unspecified atom stereocenters. The van der Waals surface area contributed by atoms with Crippen LogP contribution in [-0.4, -0.2) is 17.0 Å². The molecule has 5 heteroatoms. The topological polar surface area (TPSA) is 51.1 Å². The first-order chi connectivity index (χ1) is 8.16. The predicted octanol–water partition coefficient (Wildman–Crippen LogP) is 1.42. The minimum Gasteiger partial charge on any atom is -0.356 e. The van der Waals surface area contributed by atoms with E-state index in [1.165, 1.54) is 6.07 Å². The number of halogens is 1. The zero-order valence-electron chi connectivity index (χ0n) is 9.49. The fraction of sp³-hybridized carbons (Fsp3) is 0.500. The molecule has 2 rings (SSSR count). The minimum atomic E-state index is -0.0667. The number of hydrogen-bond acceptors (Lipinski definition) is 2. The first-order valence-electron chi connectivity index (χ1n) is 5.80. The van der Waals surface area contributed by atoms with E-state index in [0.29, 0.717) is 18.1 Å². The Morgan fingerprint density at radius 3 is 2.94 bits per heavy atom. The molecule has 1 aliphatic rings. The normalized spacial score (nSPS) is 14.6. The number of nitrogens with one attached hydrogen (secondary N) is 1. The number of aryl methyl sites for hydroxylation is 1. The van der Waals surface area contributed by atoms with Crippen molar-refractivity contribution >= 4 is 17.5 Å². The Hall–Kier alpha value is -1.29. The summed E-state index contributed by atoms with van der Waals surface area (Å²) in [5, 5.41) is 3.41. The Bertz CT molecular complexity index is 466. The number of amides is 1. The van der Waals surface area contributed by atoms with E-state index in [2.05, 4.69) is 5.32 Å². The summed E-state index contributed by atoms with van der Waals surface area (Å²) >= 11 is 5.80. The molecule has 1 fully saturated rings. The number of carbonyl (C=O) groups excluding carboxylic acids is 1.